The molecular weight excluding hydrogens is 497 g/mol. The molecule has 0 aliphatic carbocycles. The van der Waals surface area contributed by atoms with Crippen LogP contribution in [0.25, 0.3) is 11.3 Å². The quantitative estimate of drug-likeness (QED) is 0.521. The fraction of sp³-hybridized carbons (Fsp3) is 0.286. The number of carbonyl (C=O) groups excluding carboxylic acids is 3. The molecule has 3 aliphatic rings. The first kappa shape index (κ1) is 24.3. The molecule has 3 amide bonds. The number of imide groups is 1. The summed E-state index contributed by atoms with van der Waals surface area (Å²) in [5, 5.41) is 2.28. The molecule has 6 rings (SSSR count). The number of carbonyl (C=O) groups is 3. The summed E-state index contributed by atoms with van der Waals surface area (Å²) in [6, 6.07) is 9.78. The number of halogens is 3. The van der Waals surface area contributed by atoms with Gasteiger partial charge >= 0.3 is 0 Å². The Morgan fingerprint density at radius 1 is 0.974 bits per heavy atom. The van der Waals surface area contributed by atoms with Gasteiger partial charge in [-0.05, 0) is 47.9 Å². The fourth-order valence-corrected chi connectivity index (χ4v) is 5.45. The van der Waals surface area contributed by atoms with Gasteiger partial charge in [-0.25, -0.2) is 13.2 Å². The minimum Gasteiger partial charge on any atom is -0.322 e. The Bertz CT molecular complexity index is 1490. The third-order valence-electron chi connectivity index (χ3n) is 7.53. The molecule has 2 aromatic carbocycles. The average Bonchev–Trinajstić information content (AvgIpc) is 3.19. The number of benzene rings is 2. The highest BCUT2D eigenvalue weighted by Gasteiger charge is 2.39. The second-order valence-electron chi connectivity index (χ2n) is 9.97. The predicted octanol–water partition coefficient (Wildman–Crippen LogP) is 3.53. The van der Waals surface area contributed by atoms with Gasteiger partial charge in [-0.1, -0.05) is 12.1 Å². The fourth-order valence-electron chi connectivity index (χ4n) is 5.45. The standard InChI is InChI=1S/C28H23F3N4O3/c29-21-4-2-15(10-22(21)30)19-12-34(13-19)11-17-7-8-32-26(25(17)31)16-1-3-20-18(9-16)14-35(28(20)38)23-5-6-24(36)33-27(23)37/h1-4,7-10,19,23H,5-6,11-14H2,(H,33,36,37). The SMILES string of the molecule is O=C1CCC(N2Cc3cc(-c4nccc(CN5CC(c6ccc(F)c(F)c6)C5)c4F)ccc3C2=O)C(=O)N1. The van der Waals surface area contributed by atoms with E-state index in [-0.39, 0.29) is 42.8 Å². The first-order chi connectivity index (χ1) is 18.3. The molecule has 0 bridgehead atoms. The lowest BCUT2D eigenvalue weighted by molar-refractivity contribution is -0.136. The minimum absolute atomic E-state index is 0.0519. The van der Waals surface area contributed by atoms with Gasteiger partial charge in [-0.2, -0.15) is 0 Å². The van der Waals surface area contributed by atoms with Gasteiger partial charge in [0.25, 0.3) is 5.91 Å². The van der Waals surface area contributed by atoms with E-state index in [1.165, 1.54) is 17.2 Å². The lowest BCUT2D eigenvalue weighted by Gasteiger charge is -2.39. The second-order valence-corrected chi connectivity index (χ2v) is 9.97. The maximum atomic E-state index is 15.5. The normalized spacial score (nSPS) is 19.9. The van der Waals surface area contributed by atoms with Crippen molar-refractivity contribution in [3.63, 3.8) is 0 Å². The monoisotopic (exact) mass is 520 g/mol. The summed E-state index contributed by atoms with van der Waals surface area (Å²) in [5.74, 6) is -3.29. The molecule has 1 N–H and O–H groups in total. The van der Waals surface area contributed by atoms with Crippen molar-refractivity contribution in [3.8, 4) is 11.3 Å². The van der Waals surface area contributed by atoms with Gasteiger partial charge in [-0.15, -0.1) is 0 Å². The smallest absolute Gasteiger partial charge is 0.255 e. The molecule has 0 spiro atoms. The van der Waals surface area contributed by atoms with Crippen molar-refractivity contribution >= 4 is 17.7 Å². The van der Waals surface area contributed by atoms with Crippen molar-refractivity contribution in [3.05, 3.63) is 88.4 Å². The number of hydrogen-bond donors (Lipinski definition) is 1. The third-order valence-corrected chi connectivity index (χ3v) is 7.53. The molecule has 1 aromatic heterocycles. The van der Waals surface area contributed by atoms with E-state index in [0.29, 0.717) is 41.9 Å². The van der Waals surface area contributed by atoms with E-state index in [9.17, 15) is 23.2 Å². The summed E-state index contributed by atoms with van der Waals surface area (Å²) < 4.78 is 42.3. The summed E-state index contributed by atoms with van der Waals surface area (Å²) in [6.07, 6.45) is 1.97. The third kappa shape index (κ3) is 4.24. The molecule has 38 heavy (non-hydrogen) atoms. The Balaban J connectivity index is 1.17. The molecule has 4 heterocycles. The Morgan fingerprint density at radius 3 is 2.55 bits per heavy atom. The Hall–Kier alpha value is -4.05. The molecule has 7 nitrogen and oxygen atoms in total. The molecule has 1 atom stereocenters. The zero-order valence-corrected chi connectivity index (χ0v) is 20.2. The van der Waals surface area contributed by atoms with E-state index in [2.05, 4.69) is 10.3 Å². The number of hydrogen-bond acceptors (Lipinski definition) is 5. The summed E-state index contributed by atoms with van der Waals surface area (Å²) >= 11 is 0. The molecule has 3 aromatic rings. The van der Waals surface area contributed by atoms with Crippen LogP contribution in [0, 0.1) is 17.5 Å². The number of amides is 3. The Morgan fingerprint density at radius 2 is 1.79 bits per heavy atom. The summed E-state index contributed by atoms with van der Waals surface area (Å²) in [6.45, 7) is 1.72. The molecule has 3 aliphatic heterocycles. The zero-order chi connectivity index (χ0) is 26.6. The largest absolute Gasteiger partial charge is 0.322 e. The van der Waals surface area contributed by atoms with E-state index in [4.69, 9.17) is 0 Å². The maximum absolute atomic E-state index is 15.5. The van der Waals surface area contributed by atoms with Crippen LogP contribution in [0.3, 0.4) is 0 Å². The van der Waals surface area contributed by atoms with Crippen LogP contribution < -0.4 is 5.32 Å². The van der Waals surface area contributed by atoms with Crippen LogP contribution in [0.4, 0.5) is 13.2 Å². The molecule has 194 valence electrons. The van der Waals surface area contributed by atoms with Crippen molar-refractivity contribution in [2.75, 3.05) is 13.1 Å². The van der Waals surface area contributed by atoms with Gasteiger partial charge in [0.05, 0.1) is 0 Å². The van der Waals surface area contributed by atoms with Crippen molar-refractivity contribution in [2.24, 2.45) is 0 Å². The molecule has 0 radical (unpaired) electrons. The van der Waals surface area contributed by atoms with E-state index < -0.39 is 29.4 Å². The van der Waals surface area contributed by atoms with Crippen LogP contribution in [0.2, 0.25) is 0 Å². The van der Waals surface area contributed by atoms with E-state index >= 15 is 4.39 Å². The van der Waals surface area contributed by atoms with Crippen molar-refractivity contribution in [1.29, 1.82) is 0 Å². The molecule has 2 fully saturated rings. The van der Waals surface area contributed by atoms with Crippen molar-refractivity contribution < 1.29 is 27.6 Å². The van der Waals surface area contributed by atoms with Crippen LogP contribution in [0.15, 0.2) is 48.7 Å². The highest BCUT2D eigenvalue weighted by molar-refractivity contribution is 6.05. The summed E-state index contributed by atoms with van der Waals surface area (Å²) in [4.78, 5) is 44.4. The number of rotatable bonds is 5. The Labute approximate surface area is 216 Å². The second kappa shape index (κ2) is 9.36. The number of nitrogens with one attached hydrogen (secondary N) is 1. The molecule has 1 unspecified atom stereocenters. The summed E-state index contributed by atoms with van der Waals surface area (Å²) in [5.41, 5.74) is 2.97. The van der Waals surface area contributed by atoms with Crippen LogP contribution in [-0.4, -0.2) is 51.6 Å². The van der Waals surface area contributed by atoms with E-state index in [1.807, 2.05) is 4.90 Å². The Kier molecular flexibility index (Phi) is 5.98. The highest BCUT2D eigenvalue weighted by atomic mass is 19.2. The van der Waals surface area contributed by atoms with Gasteiger partial charge in [0, 0.05) is 61.4 Å². The highest BCUT2D eigenvalue weighted by Crippen LogP contribution is 2.33. The number of likely N-dealkylation sites (tertiary alicyclic amines) is 1. The number of fused-ring (bicyclic) bond motifs is 1. The van der Waals surface area contributed by atoms with E-state index in [1.54, 1.807) is 30.3 Å². The van der Waals surface area contributed by atoms with Crippen LogP contribution in [0.5, 0.6) is 0 Å². The first-order valence-corrected chi connectivity index (χ1v) is 12.4. The first-order valence-electron chi connectivity index (χ1n) is 12.4. The van der Waals surface area contributed by atoms with Crippen molar-refractivity contribution in [2.45, 2.75) is 37.9 Å². The number of nitrogens with zero attached hydrogens (tertiary/aromatic N) is 3. The lowest BCUT2D eigenvalue weighted by Crippen LogP contribution is -2.52. The lowest BCUT2D eigenvalue weighted by atomic mass is 9.91. The van der Waals surface area contributed by atoms with Gasteiger partial charge in [-0.3, -0.25) is 29.6 Å². The molecule has 2 saturated heterocycles. The number of piperidine rings is 1. The maximum Gasteiger partial charge on any atom is 0.255 e. The van der Waals surface area contributed by atoms with Crippen LogP contribution in [-0.2, 0) is 22.7 Å². The van der Waals surface area contributed by atoms with Gasteiger partial charge in [0.2, 0.25) is 11.8 Å². The number of pyridine rings is 1. The number of aromatic nitrogens is 1. The molecule has 0 saturated carbocycles. The molecular formula is C28H23F3N4O3. The van der Waals surface area contributed by atoms with Crippen LogP contribution in [0.1, 0.15) is 45.8 Å². The molecule has 10 heteroatoms. The summed E-state index contributed by atoms with van der Waals surface area (Å²) in [7, 11) is 0. The van der Waals surface area contributed by atoms with Gasteiger partial charge in [0.1, 0.15) is 11.7 Å². The van der Waals surface area contributed by atoms with Gasteiger partial charge < -0.3 is 4.90 Å². The van der Waals surface area contributed by atoms with Crippen molar-refractivity contribution in [1.82, 2.24) is 20.1 Å². The van der Waals surface area contributed by atoms with Gasteiger partial charge in [0.15, 0.2) is 17.5 Å². The van der Waals surface area contributed by atoms with Crippen LogP contribution >= 0.6 is 0 Å². The minimum atomic E-state index is -0.879. The average molecular weight is 521 g/mol. The van der Waals surface area contributed by atoms with E-state index in [0.717, 1.165) is 11.6 Å². The predicted molar refractivity (Wildman–Crippen MR) is 130 cm³/mol. The zero-order valence-electron chi connectivity index (χ0n) is 20.2. The topological polar surface area (TPSA) is 82.6 Å².